The first-order valence-corrected chi connectivity index (χ1v) is 12.5. The molecule has 0 aliphatic carbocycles. The normalized spacial score (nSPS) is 14.5. The molecule has 0 atom stereocenters. The Kier molecular flexibility index (Phi) is 5.73. The molecule has 1 saturated heterocycles. The van der Waals surface area contributed by atoms with Crippen molar-refractivity contribution in [2.75, 3.05) is 38.1 Å². The van der Waals surface area contributed by atoms with Crippen molar-refractivity contribution in [1.82, 2.24) is 29.6 Å². The van der Waals surface area contributed by atoms with Crippen molar-refractivity contribution in [3.8, 4) is 11.3 Å². The zero-order chi connectivity index (χ0) is 23.8. The number of benzene rings is 2. The van der Waals surface area contributed by atoms with Gasteiger partial charge in [0, 0.05) is 62.6 Å². The molecular weight excluding hydrogens is 458 g/mol. The van der Waals surface area contributed by atoms with Crippen LogP contribution in [-0.2, 0) is 6.54 Å². The summed E-state index contributed by atoms with van der Waals surface area (Å²) in [5.74, 6) is -0.212. The van der Waals surface area contributed by atoms with Crippen LogP contribution in [0.2, 0.25) is 0 Å². The summed E-state index contributed by atoms with van der Waals surface area (Å²) in [6, 6.07) is 15.4. The average Bonchev–Trinajstić information content (AvgIpc) is 3.50. The average molecular weight is 484 g/mol. The van der Waals surface area contributed by atoms with Gasteiger partial charge in [0.25, 0.3) is 5.91 Å². The molecule has 0 spiro atoms. The lowest BCUT2D eigenvalue weighted by Gasteiger charge is -2.26. The van der Waals surface area contributed by atoms with Gasteiger partial charge in [0.1, 0.15) is 5.69 Å². The lowest BCUT2D eigenvalue weighted by molar-refractivity contribution is 0.0988. The summed E-state index contributed by atoms with van der Waals surface area (Å²) >= 11 is 1.65. The van der Waals surface area contributed by atoms with Crippen molar-refractivity contribution in [2.24, 2.45) is 0 Å². The molecule has 8 nitrogen and oxygen atoms in total. The molecule has 3 aromatic heterocycles. The maximum Gasteiger partial charge on any atom is 0.278 e. The van der Waals surface area contributed by atoms with Crippen LogP contribution in [-0.4, -0.2) is 63.4 Å². The van der Waals surface area contributed by atoms with E-state index in [1.165, 1.54) is 5.69 Å². The van der Waals surface area contributed by atoms with Gasteiger partial charge in [-0.2, -0.15) is 0 Å². The monoisotopic (exact) mass is 483 g/mol. The Labute approximate surface area is 206 Å². The number of anilines is 1. The summed E-state index contributed by atoms with van der Waals surface area (Å²) < 4.78 is 2.18. The number of piperazine rings is 1. The minimum absolute atomic E-state index is 0.212. The molecule has 4 heterocycles. The Morgan fingerprint density at radius 1 is 1.06 bits per heavy atom. The number of hydrogen-bond acceptors (Lipinski definition) is 7. The van der Waals surface area contributed by atoms with Gasteiger partial charge >= 0.3 is 0 Å². The highest BCUT2D eigenvalue weighted by molar-refractivity contribution is 7.15. The van der Waals surface area contributed by atoms with E-state index >= 15 is 0 Å². The molecule has 9 heteroatoms. The Morgan fingerprint density at radius 2 is 1.83 bits per heavy atom. The number of nitrogens with one attached hydrogen (secondary N) is 1. The Hall–Kier alpha value is -3.66. The van der Waals surface area contributed by atoms with E-state index in [2.05, 4.69) is 36.2 Å². The maximum atomic E-state index is 13.4. The smallest absolute Gasteiger partial charge is 0.278 e. The lowest BCUT2D eigenvalue weighted by atomic mass is 10.1. The highest BCUT2D eigenvalue weighted by atomic mass is 32.1. The number of fused-ring (bicyclic) bond motifs is 2. The van der Waals surface area contributed by atoms with Gasteiger partial charge in [-0.25, -0.2) is 9.97 Å². The molecule has 1 N–H and O–H groups in total. The number of aromatic nitrogens is 4. The molecule has 1 aliphatic rings. The Morgan fingerprint density at radius 3 is 2.69 bits per heavy atom. The molecule has 176 valence electrons. The van der Waals surface area contributed by atoms with E-state index in [-0.39, 0.29) is 5.91 Å². The first kappa shape index (κ1) is 21.8. The van der Waals surface area contributed by atoms with Crippen LogP contribution in [0.4, 0.5) is 5.69 Å². The molecule has 5 aromatic rings. The van der Waals surface area contributed by atoms with Crippen LogP contribution in [0.15, 0.2) is 66.3 Å². The van der Waals surface area contributed by atoms with Crippen LogP contribution < -0.4 is 10.2 Å². The molecule has 0 saturated carbocycles. The summed E-state index contributed by atoms with van der Waals surface area (Å²) in [5.41, 5.74) is 5.54. The zero-order valence-electron chi connectivity index (χ0n) is 19.4. The number of rotatable bonds is 5. The fourth-order valence-electron chi connectivity index (χ4n) is 4.50. The van der Waals surface area contributed by atoms with Crippen molar-refractivity contribution in [1.29, 1.82) is 0 Å². The molecule has 1 aliphatic heterocycles. The number of nitrogens with zero attached hydrogens (tertiary/aromatic N) is 6. The van der Waals surface area contributed by atoms with Gasteiger partial charge in [-0.1, -0.05) is 30.3 Å². The molecule has 0 radical (unpaired) electrons. The molecule has 1 fully saturated rings. The molecule has 2 aromatic carbocycles. The summed E-state index contributed by atoms with van der Waals surface area (Å²) in [4.78, 5) is 32.2. The first-order chi connectivity index (χ1) is 17.2. The van der Waals surface area contributed by atoms with E-state index < -0.39 is 0 Å². The van der Waals surface area contributed by atoms with E-state index in [1.807, 2.05) is 48.5 Å². The second kappa shape index (κ2) is 9.18. The van der Waals surface area contributed by atoms with Gasteiger partial charge in [0.15, 0.2) is 4.96 Å². The highest BCUT2D eigenvalue weighted by Gasteiger charge is 2.21. The van der Waals surface area contributed by atoms with Crippen molar-refractivity contribution < 1.29 is 4.79 Å². The van der Waals surface area contributed by atoms with Crippen molar-refractivity contribution in [2.45, 2.75) is 6.54 Å². The number of imidazole rings is 1. The molecule has 35 heavy (non-hydrogen) atoms. The number of hydrogen-bond donors (Lipinski definition) is 1. The second-order valence-electron chi connectivity index (χ2n) is 8.66. The molecular formula is C26H25N7OS. The predicted octanol–water partition coefficient (Wildman–Crippen LogP) is 3.69. The van der Waals surface area contributed by atoms with Crippen LogP contribution in [0, 0.1) is 0 Å². The molecule has 0 unspecified atom stereocenters. The fourth-order valence-corrected chi connectivity index (χ4v) is 5.36. The molecule has 6 rings (SSSR count). The predicted molar refractivity (Wildman–Crippen MR) is 139 cm³/mol. The van der Waals surface area contributed by atoms with Crippen LogP contribution in [0.1, 0.15) is 16.2 Å². The van der Waals surface area contributed by atoms with Crippen molar-refractivity contribution in [3.63, 3.8) is 0 Å². The van der Waals surface area contributed by atoms with E-state index in [9.17, 15) is 4.79 Å². The topological polar surface area (TPSA) is 78.7 Å². The van der Waals surface area contributed by atoms with Crippen molar-refractivity contribution in [3.05, 3.63) is 77.7 Å². The van der Waals surface area contributed by atoms with Crippen LogP contribution in [0.3, 0.4) is 0 Å². The molecule has 0 bridgehead atoms. The third kappa shape index (κ3) is 4.18. The van der Waals surface area contributed by atoms with Gasteiger partial charge in [-0.15, -0.1) is 11.3 Å². The van der Waals surface area contributed by atoms with E-state index in [0.29, 0.717) is 11.2 Å². The highest BCUT2D eigenvalue weighted by Crippen LogP contribution is 2.32. The van der Waals surface area contributed by atoms with Gasteiger partial charge in [0.05, 0.1) is 28.6 Å². The Balaban J connectivity index is 1.31. The van der Waals surface area contributed by atoms with Crippen LogP contribution in [0.25, 0.3) is 27.3 Å². The van der Waals surface area contributed by atoms with Gasteiger partial charge in [-0.3, -0.25) is 19.1 Å². The minimum atomic E-state index is -0.212. The van der Waals surface area contributed by atoms with E-state index in [4.69, 9.17) is 4.98 Å². The fraction of sp³-hybridized carbons (Fsp3) is 0.231. The van der Waals surface area contributed by atoms with Gasteiger partial charge in [-0.05, 0) is 18.2 Å². The largest absolute Gasteiger partial charge is 0.314 e. The summed E-state index contributed by atoms with van der Waals surface area (Å²) in [6.07, 6.45) is 3.62. The number of para-hydroxylation sites is 3. The van der Waals surface area contributed by atoms with Gasteiger partial charge in [0.2, 0.25) is 0 Å². The van der Waals surface area contributed by atoms with Crippen molar-refractivity contribution >= 4 is 38.9 Å². The summed E-state index contributed by atoms with van der Waals surface area (Å²) in [6.45, 7) is 5.05. The zero-order valence-corrected chi connectivity index (χ0v) is 20.2. The van der Waals surface area contributed by atoms with Crippen LogP contribution >= 0.6 is 11.3 Å². The number of amides is 1. The number of carbonyl (C=O) groups excluding carboxylic acids is 1. The van der Waals surface area contributed by atoms with E-state index in [1.54, 1.807) is 29.5 Å². The minimum Gasteiger partial charge on any atom is -0.314 e. The Bertz CT molecular complexity index is 1520. The standard InChI is InChI=1S/C26H25N7OS/c1-31(25(34)22-14-28-20-7-3-4-8-21(20)29-22)24-9-5-2-6-19(24)23-16-33-18(17-35-26(33)30-23)15-32-12-10-27-11-13-32/h2-9,14,16-17,27H,10-13,15H2,1H3. The first-order valence-electron chi connectivity index (χ1n) is 11.7. The quantitative estimate of drug-likeness (QED) is 0.411. The number of carbonyl (C=O) groups is 1. The lowest BCUT2D eigenvalue weighted by Crippen LogP contribution is -2.43. The molecule has 1 amide bonds. The van der Waals surface area contributed by atoms with Gasteiger partial charge < -0.3 is 10.2 Å². The third-order valence-electron chi connectivity index (χ3n) is 6.39. The number of thiazole rings is 1. The maximum absolute atomic E-state index is 13.4. The van der Waals surface area contributed by atoms with Crippen LogP contribution in [0.5, 0.6) is 0 Å². The SMILES string of the molecule is CN(C(=O)c1cnc2ccccc2n1)c1ccccc1-c1cn2c(CN3CCNCC3)csc2n1. The summed E-state index contributed by atoms with van der Waals surface area (Å²) in [7, 11) is 1.77. The second-order valence-corrected chi connectivity index (χ2v) is 9.49. The summed E-state index contributed by atoms with van der Waals surface area (Å²) in [5, 5.41) is 5.59. The third-order valence-corrected chi connectivity index (χ3v) is 7.28. The van der Waals surface area contributed by atoms with E-state index in [0.717, 1.165) is 60.1 Å².